The largest absolute Gasteiger partial charge is 0.478 e. The van der Waals surface area contributed by atoms with E-state index in [4.69, 9.17) is 5.11 Å². The molecule has 0 aliphatic heterocycles. The molecule has 1 aromatic carbocycles. The van der Waals surface area contributed by atoms with Gasteiger partial charge in [0, 0.05) is 30.5 Å². The Kier molecular flexibility index (Phi) is 3.75. The SMILES string of the molecule is CCc1nccn1-c1cccc(F)c1/C=C/C(=O)O. The van der Waals surface area contributed by atoms with E-state index in [1.54, 1.807) is 29.1 Å². The van der Waals surface area contributed by atoms with E-state index in [0.717, 1.165) is 11.9 Å². The van der Waals surface area contributed by atoms with Gasteiger partial charge in [-0.3, -0.25) is 0 Å². The summed E-state index contributed by atoms with van der Waals surface area (Å²) in [6.07, 6.45) is 6.24. The van der Waals surface area contributed by atoms with Gasteiger partial charge in [0.25, 0.3) is 0 Å². The fourth-order valence-corrected chi connectivity index (χ4v) is 1.87. The van der Waals surface area contributed by atoms with Crippen molar-refractivity contribution in [3.63, 3.8) is 0 Å². The lowest BCUT2D eigenvalue weighted by Crippen LogP contribution is -2.03. The van der Waals surface area contributed by atoms with Gasteiger partial charge in [-0.15, -0.1) is 0 Å². The molecule has 1 N–H and O–H groups in total. The number of hydrogen-bond acceptors (Lipinski definition) is 2. The third kappa shape index (κ3) is 2.70. The zero-order chi connectivity index (χ0) is 13.8. The van der Waals surface area contributed by atoms with E-state index in [1.165, 1.54) is 12.1 Å². The highest BCUT2D eigenvalue weighted by Crippen LogP contribution is 2.21. The van der Waals surface area contributed by atoms with Crippen molar-refractivity contribution < 1.29 is 14.3 Å². The van der Waals surface area contributed by atoms with Gasteiger partial charge < -0.3 is 9.67 Å². The van der Waals surface area contributed by atoms with E-state index >= 15 is 0 Å². The first kappa shape index (κ1) is 13.0. The minimum absolute atomic E-state index is 0.234. The van der Waals surface area contributed by atoms with Gasteiger partial charge in [-0.05, 0) is 18.2 Å². The van der Waals surface area contributed by atoms with Crippen LogP contribution in [0.3, 0.4) is 0 Å². The first-order chi connectivity index (χ1) is 9.13. The van der Waals surface area contributed by atoms with Crippen molar-refractivity contribution in [1.82, 2.24) is 9.55 Å². The molecule has 1 aromatic heterocycles. The molecule has 19 heavy (non-hydrogen) atoms. The van der Waals surface area contributed by atoms with E-state index < -0.39 is 11.8 Å². The maximum Gasteiger partial charge on any atom is 0.328 e. The highest BCUT2D eigenvalue weighted by molar-refractivity contribution is 5.86. The fourth-order valence-electron chi connectivity index (χ4n) is 1.87. The van der Waals surface area contributed by atoms with Gasteiger partial charge in [-0.25, -0.2) is 14.2 Å². The number of benzene rings is 1. The number of imidazole rings is 1. The highest BCUT2D eigenvalue weighted by atomic mass is 19.1. The molecule has 0 spiro atoms. The Bertz CT molecular complexity index is 632. The average molecular weight is 260 g/mol. The van der Waals surface area contributed by atoms with Crippen molar-refractivity contribution >= 4 is 12.0 Å². The number of carbonyl (C=O) groups is 1. The molecule has 0 saturated carbocycles. The Labute approximate surface area is 109 Å². The van der Waals surface area contributed by atoms with Crippen molar-refractivity contribution in [1.29, 1.82) is 0 Å². The molecule has 0 amide bonds. The second-order valence-electron chi connectivity index (χ2n) is 3.91. The van der Waals surface area contributed by atoms with Crippen molar-refractivity contribution in [2.24, 2.45) is 0 Å². The van der Waals surface area contributed by atoms with Crippen LogP contribution < -0.4 is 0 Å². The first-order valence-electron chi connectivity index (χ1n) is 5.85. The van der Waals surface area contributed by atoms with E-state index in [2.05, 4.69) is 4.98 Å². The molecule has 2 rings (SSSR count). The molecule has 0 aliphatic carbocycles. The Morgan fingerprint density at radius 3 is 3.00 bits per heavy atom. The van der Waals surface area contributed by atoms with E-state index in [0.29, 0.717) is 12.1 Å². The third-order valence-electron chi connectivity index (χ3n) is 2.72. The second-order valence-corrected chi connectivity index (χ2v) is 3.91. The van der Waals surface area contributed by atoms with Crippen LogP contribution >= 0.6 is 0 Å². The fraction of sp³-hybridized carbons (Fsp3) is 0.143. The molecule has 0 bridgehead atoms. The lowest BCUT2D eigenvalue weighted by molar-refractivity contribution is -0.131. The highest BCUT2D eigenvalue weighted by Gasteiger charge is 2.10. The minimum Gasteiger partial charge on any atom is -0.478 e. The van der Waals surface area contributed by atoms with Gasteiger partial charge in [0.05, 0.1) is 5.69 Å². The minimum atomic E-state index is -1.12. The number of aliphatic carboxylic acids is 1. The number of carboxylic acid groups (broad SMARTS) is 1. The summed E-state index contributed by atoms with van der Waals surface area (Å²) >= 11 is 0. The van der Waals surface area contributed by atoms with Gasteiger partial charge in [0.15, 0.2) is 0 Å². The molecule has 0 radical (unpaired) electrons. The zero-order valence-electron chi connectivity index (χ0n) is 10.4. The summed E-state index contributed by atoms with van der Waals surface area (Å²) in [5.41, 5.74) is 0.810. The standard InChI is InChI=1S/C14H13FN2O2/c1-2-13-16-8-9-17(13)12-5-3-4-11(15)10(12)6-7-14(18)19/h3-9H,2H2,1H3,(H,18,19)/b7-6+. The third-order valence-corrected chi connectivity index (χ3v) is 2.72. The smallest absolute Gasteiger partial charge is 0.328 e. The number of rotatable bonds is 4. The van der Waals surface area contributed by atoms with Gasteiger partial charge in [-0.1, -0.05) is 13.0 Å². The van der Waals surface area contributed by atoms with E-state index in [9.17, 15) is 9.18 Å². The molecule has 2 aromatic rings. The van der Waals surface area contributed by atoms with Crippen LogP contribution in [0.1, 0.15) is 18.3 Å². The summed E-state index contributed by atoms with van der Waals surface area (Å²) in [7, 11) is 0. The lowest BCUT2D eigenvalue weighted by Gasteiger charge is -2.10. The van der Waals surface area contributed by atoms with Crippen LogP contribution in [-0.4, -0.2) is 20.6 Å². The number of aryl methyl sites for hydroxylation is 1. The molecule has 0 atom stereocenters. The van der Waals surface area contributed by atoms with Gasteiger partial charge in [0.1, 0.15) is 11.6 Å². The van der Waals surface area contributed by atoms with Crippen molar-refractivity contribution in [2.45, 2.75) is 13.3 Å². The quantitative estimate of drug-likeness (QED) is 0.860. The summed E-state index contributed by atoms with van der Waals surface area (Å²) in [6.45, 7) is 1.95. The first-order valence-corrected chi connectivity index (χ1v) is 5.85. The summed E-state index contributed by atoms with van der Waals surface area (Å²) in [5.74, 6) is -0.795. The Hall–Kier alpha value is -2.43. The number of aromatic nitrogens is 2. The molecule has 0 fully saturated rings. The molecule has 0 unspecified atom stereocenters. The summed E-state index contributed by atoms with van der Waals surface area (Å²) < 4.78 is 15.6. The number of nitrogens with zero attached hydrogens (tertiary/aromatic N) is 2. The van der Waals surface area contributed by atoms with Crippen LogP contribution in [0.4, 0.5) is 4.39 Å². The Balaban J connectivity index is 2.57. The van der Waals surface area contributed by atoms with Crippen molar-refractivity contribution in [3.05, 3.63) is 53.9 Å². The van der Waals surface area contributed by atoms with Crippen molar-refractivity contribution in [2.75, 3.05) is 0 Å². The Morgan fingerprint density at radius 2 is 2.32 bits per heavy atom. The summed E-state index contributed by atoms with van der Waals surface area (Å²) in [5, 5.41) is 8.66. The molecule has 4 nitrogen and oxygen atoms in total. The summed E-state index contributed by atoms with van der Waals surface area (Å²) in [4.78, 5) is 14.8. The van der Waals surface area contributed by atoms with E-state index in [1.807, 2.05) is 6.92 Å². The molecule has 98 valence electrons. The van der Waals surface area contributed by atoms with Crippen LogP contribution in [-0.2, 0) is 11.2 Å². The van der Waals surface area contributed by atoms with E-state index in [-0.39, 0.29) is 5.56 Å². The predicted molar refractivity (Wildman–Crippen MR) is 69.6 cm³/mol. The maximum atomic E-state index is 13.9. The van der Waals surface area contributed by atoms with Crippen LogP contribution in [0.2, 0.25) is 0 Å². The van der Waals surface area contributed by atoms with Crippen molar-refractivity contribution in [3.8, 4) is 5.69 Å². The predicted octanol–water partition coefficient (Wildman–Crippen LogP) is 2.67. The molecule has 0 saturated heterocycles. The summed E-state index contributed by atoms with van der Waals surface area (Å²) in [6, 6.07) is 4.61. The van der Waals surface area contributed by atoms with Crippen LogP contribution in [0.15, 0.2) is 36.7 Å². The zero-order valence-corrected chi connectivity index (χ0v) is 10.4. The topological polar surface area (TPSA) is 55.1 Å². The van der Waals surface area contributed by atoms with Gasteiger partial charge >= 0.3 is 5.97 Å². The normalized spacial score (nSPS) is 11.1. The number of carboxylic acids is 1. The van der Waals surface area contributed by atoms with Crippen LogP contribution in [0.25, 0.3) is 11.8 Å². The number of hydrogen-bond donors (Lipinski definition) is 1. The van der Waals surface area contributed by atoms with Gasteiger partial charge in [-0.2, -0.15) is 0 Å². The number of halogens is 1. The maximum absolute atomic E-state index is 13.9. The molecular formula is C14H13FN2O2. The van der Waals surface area contributed by atoms with Crippen LogP contribution in [0.5, 0.6) is 0 Å². The molecule has 5 heteroatoms. The lowest BCUT2D eigenvalue weighted by atomic mass is 10.1. The Morgan fingerprint density at radius 1 is 1.53 bits per heavy atom. The molecule has 1 heterocycles. The molecular weight excluding hydrogens is 247 g/mol. The van der Waals surface area contributed by atoms with Gasteiger partial charge in [0.2, 0.25) is 0 Å². The van der Waals surface area contributed by atoms with Crippen LogP contribution in [0, 0.1) is 5.82 Å². The average Bonchev–Trinajstić information content (AvgIpc) is 2.84. The second kappa shape index (κ2) is 5.48. The molecule has 0 aliphatic rings. The monoisotopic (exact) mass is 260 g/mol.